The number of hydrogen-bond donors (Lipinski definition) is 7. The van der Waals surface area contributed by atoms with Crippen LogP contribution in [0.2, 0.25) is 0 Å². The van der Waals surface area contributed by atoms with E-state index in [0.29, 0.717) is 24.2 Å². The van der Waals surface area contributed by atoms with Crippen molar-refractivity contribution in [2.75, 3.05) is 18.0 Å². The van der Waals surface area contributed by atoms with Crippen molar-refractivity contribution < 1.29 is 43.9 Å². The molecule has 0 spiro atoms. The monoisotopic (exact) mass is 486 g/mol. The zero-order chi connectivity index (χ0) is 24.6. The van der Waals surface area contributed by atoms with Crippen molar-refractivity contribution in [3.05, 3.63) is 23.8 Å². The number of aryl methyl sites for hydroxylation is 1. The molecule has 0 aliphatic carbocycles. The van der Waals surface area contributed by atoms with Crippen LogP contribution in [0, 0.1) is 19.3 Å². The lowest BCUT2D eigenvalue weighted by atomic mass is 9.97. The van der Waals surface area contributed by atoms with Crippen LogP contribution in [-0.2, 0) is 9.30 Å². The molecule has 2 rings (SSSR count). The molecule has 11 nitrogen and oxygen atoms in total. The number of urea groups is 1. The second kappa shape index (κ2) is 12.3. The van der Waals surface area contributed by atoms with Gasteiger partial charge in [0.05, 0.1) is 12.3 Å². The fourth-order valence-corrected chi connectivity index (χ4v) is 3.85. The summed E-state index contributed by atoms with van der Waals surface area (Å²) in [6, 6.07) is 4.38. The SMILES string of the molecule is C#CCCCCNC(=O)Nc1ccc(O[C@H]2O[C@H](CCP(=O)(O)O)[C@@H](O)[C@H](O)[C@@H]2O)c(C)c1. The van der Waals surface area contributed by atoms with E-state index in [2.05, 4.69) is 16.6 Å². The fraction of sp³-hybridized carbons (Fsp3) is 0.571. The number of benzene rings is 1. The summed E-state index contributed by atoms with van der Waals surface area (Å²) in [5.74, 6) is 2.82. The molecule has 1 heterocycles. The predicted molar refractivity (Wildman–Crippen MR) is 120 cm³/mol. The van der Waals surface area contributed by atoms with Crippen molar-refractivity contribution in [1.29, 1.82) is 0 Å². The van der Waals surface area contributed by atoms with Gasteiger partial charge < -0.3 is 45.2 Å². The third-order valence-corrected chi connectivity index (χ3v) is 5.92. The summed E-state index contributed by atoms with van der Waals surface area (Å²) in [4.78, 5) is 30.1. The molecule has 2 amide bonds. The first-order chi connectivity index (χ1) is 15.5. The number of aliphatic hydroxyl groups excluding tert-OH is 3. The van der Waals surface area contributed by atoms with Crippen LogP contribution < -0.4 is 15.4 Å². The summed E-state index contributed by atoms with van der Waals surface area (Å²) in [5, 5.41) is 35.8. The number of unbranched alkanes of at least 4 members (excludes halogenated alkanes) is 2. The van der Waals surface area contributed by atoms with Crippen LogP contribution in [0.3, 0.4) is 0 Å². The van der Waals surface area contributed by atoms with E-state index in [-0.39, 0.29) is 18.2 Å². The average Bonchev–Trinajstić information content (AvgIpc) is 2.74. The smallest absolute Gasteiger partial charge is 0.325 e. The molecule has 0 saturated carbocycles. The van der Waals surface area contributed by atoms with Gasteiger partial charge in [0, 0.05) is 18.7 Å². The van der Waals surface area contributed by atoms with Gasteiger partial charge in [-0.05, 0) is 49.9 Å². The van der Waals surface area contributed by atoms with Crippen LogP contribution in [0.5, 0.6) is 5.75 Å². The Hall–Kier alpha value is -2.16. The lowest BCUT2D eigenvalue weighted by molar-refractivity contribution is -0.272. The van der Waals surface area contributed by atoms with Crippen molar-refractivity contribution in [2.45, 2.75) is 63.3 Å². The molecular formula is C21H31N2O9P. The van der Waals surface area contributed by atoms with Crippen molar-refractivity contribution in [3.63, 3.8) is 0 Å². The molecule has 184 valence electrons. The maximum Gasteiger partial charge on any atom is 0.325 e. The number of aliphatic hydroxyl groups is 3. The lowest BCUT2D eigenvalue weighted by Crippen LogP contribution is -2.59. The Morgan fingerprint density at radius 1 is 1.21 bits per heavy atom. The van der Waals surface area contributed by atoms with Gasteiger partial charge in [-0.3, -0.25) is 4.57 Å². The van der Waals surface area contributed by atoms with Crippen LogP contribution in [0.1, 0.15) is 31.2 Å². The molecule has 12 heteroatoms. The number of hydrogen-bond acceptors (Lipinski definition) is 7. The molecule has 1 aromatic carbocycles. The van der Waals surface area contributed by atoms with Crippen molar-refractivity contribution in [2.24, 2.45) is 0 Å². The summed E-state index contributed by atoms with van der Waals surface area (Å²) in [6.07, 6.45) is -0.662. The second-order valence-electron chi connectivity index (χ2n) is 7.83. The van der Waals surface area contributed by atoms with Gasteiger partial charge in [-0.15, -0.1) is 12.3 Å². The van der Waals surface area contributed by atoms with Gasteiger partial charge in [0.2, 0.25) is 6.29 Å². The second-order valence-corrected chi connectivity index (χ2v) is 9.61. The van der Waals surface area contributed by atoms with Gasteiger partial charge in [-0.1, -0.05) is 0 Å². The summed E-state index contributed by atoms with van der Waals surface area (Å²) in [5.41, 5.74) is 1.09. The Morgan fingerprint density at radius 2 is 1.94 bits per heavy atom. The molecule has 0 radical (unpaired) electrons. The zero-order valence-electron chi connectivity index (χ0n) is 18.3. The highest BCUT2D eigenvalue weighted by atomic mass is 31.2. The van der Waals surface area contributed by atoms with Crippen molar-refractivity contribution in [3.8, 4) is 18.1 Å². The topological polar surface area (TPSA) is 178 Å². The van der Waals surface area contributed by atoms with Crippen LogP contribution in [0.15, 0.2) is 18.2 Å². The summed E-state index contributed by atoms with van der Waals surface area (Å²) >= 11 is 0. The number of ether oxygens (including phenoxy) is 2. The molecule has 1 aliphatic rings. The first-order valence-electron chi connectivity index (χ1n) is 10.5. The highest BCUT2D eigenvalue weighted by Gasteiger charge is 2.45. The first-order valence-corrected chi connectivity index (χ1v) is 12.3. The van der Waals surface area contributed by atoms with E-state index < -0.39 is 44.5 Å². The molecule has 0 unspecified atom stereocenters. The third kappa shape index (κ3) is 8.61. The van der Waals surface area contributed by atoms with Gasteiger partial charge in [-0.2, -0.15) is 0 Å². The predicted octanol–water partition coefficient (Wildman–Crippen LogP) is 0.674. The van der Waals surface area contributed by atoms with Gasteiger partial charge in [-0.25, -0.2) is 4.79 Å². The maximum atomic E-state index is 12.0. The van der Waals surface area contributed by atoms with Crippen molar-refractivity contribution >= 4 is 19.3 Å². The Balaban J connectivity index is 1.96. The number of amides is 2. The average molecular weight is 486 g/mol. The van der Waals surface area contributed by atoms with Crippen LogP contribution in [0.4, 0.5) is 10.5 Å². The van der Waals surface area contributed by atoms with Gasteiger partial charge in [0.1, 0.15) is 24.1 Å². The molecule has 7 N–H and O–H groups in total. The lowest BCUT2D eigenvalue weighted by Gasteiger charge is -2.40. The van der Waals surface area contributed by atoms with E-state index in [1.807, 2.05) is 0 Å². The molecule has 33 heavy (non-hydrogen) atoms. The van der Waals surface area contributed by atoms with Gasteiger partial charge in [0.15, 0.2) is 0 Å². The van der Waals surface area contributed by atoms with Gasteiger partial charge >= 0.3 is 13.6 Å². The fourth-order valence-electron chi connectivity index (χ4n) is 3.26. The summed E-state index contributed by atoms with van der Waals surface area (Å²) in [6.45, 7) is 2.19. The minimum absolute atomic E-state index is 0.241. The molecule has 0 bridgehead atoms. The Morgan fingerprint density at radius 3 is 2.58 bits per heavy atom. The van der Waals surface area contributed by atoms with E-state index in [9.17, 15) is 24.7 Å². The molecule has 5 atom stereocenters. The third-order valence-electron chi connectivity index (χ3n) is 5.08. The summed E-state index contributed by atoms with van der Waals surface area (Å²) in [7, 11) is -4.34. The Bertz CT molecular complexity index is 885. The maximum absolute atomic E-state index is 12.0. The number of carbonyl (C=O) groups is 1. The molecule has 1 fully saturated rings. The molecule has 0 aromatic heterocycles. The Labute approximate surface area is 192 Å². The minimum atomic E-state index is -4.34. The number of nitrogens with one attached hydrogen (secondary N) is 2. The molecule has 1 aliphatic heterocycles. The highest BCUT2D eigenvalue weighted by Crippen LogP contribution is 2.37. The van der Waals surface area contributed by atoms with E-state index in [1.165, 1.54) is 6.07 Å². The van der Waals surface area contributed by atoms with E-state index in [4.69, 9.17) is 25.7 Å². The number of terminal acetylenes is 1. The number of carbonyl (C=O) groups excluding carboxylic acids is 1. The summed E-state index contributed by atoms with van der Waals surface area (Å²) < 4.78 is 22.3. The quantitative estimate of drug-likeness (QED) is 0.142. The standard InChI is InChI=1S/C21H31N2O9P/c1-3-4-5-6-10-22-21(27)23-14-7-8-15(13(2)12-14)31-20-19(26)18(25)17(24)16(32-20)9-11-33(28,29)30/h1,7-8,12,16-20,24-26H,4-6,9-11H2,2H3,(H2,22,23,27)(H2,28,29,30)/t16-,17-,18+,19+,20+/m1/s1. The normalized spacial score (nSPS) is 25.2. The van der Waals surface area contributed by atoms with Crippen LogP contribution >= 0.6 is 7.60 Å². The van der Waals surface area contributed by atoms with E-state index in [1.54, 1.807) is 19.1 Å². The van der Waals surface area contributed by atoms with Crippen molar-refractivity contribution in [1.82, 2.24) is 5.32 Å². The molecule has 1 aromatic rings. The number of anilines is 1. The van der Waals surface area contributed by atoms with Crippen LogP contribution in [-0.4, -0.2) is 74.6 Å². The highest BCUT2D eigenvalue weighted by molar-refractivity contribution is 7.51. The number of rotatable bonds is 10. The largest absolute Gasteiger partial charge is 0.462 e. The first kappa shape index (κ1) is 27.1. The van der Waals surface area contributed by atoms with E-state index in [0.717, 1.165) is 12.8 Å². The minimum Gasteiger partial charge on any atom is -0.462 e. The Kier molecular flexibility index (Phi) is 10.1. The zero-order valence-corrected chi connectivity index (χ0v) is 19.1. The van der Waals surface area contributed by atoms with Gasteiger partial charge in [0.25, 0.3) is 0 Å². The van der Waals surface area contributed by atoms with E-state index >= 15 is 0 Å². The molecule has 1 saturated heterocycles. The molecular weight excluding hydrogens is 455 g/mol. The van der Waals surface area contributed by atoms with Crippen LogP contribution in [0.25, 0.3) is 0 Å².